The molecule has 3 rings (SSSR count). The molecule has 0 atom stereocenters. The van der Waals surface area contributed by atoms with E-state index in [2.05, 4.69) is 5.32 Å². The van der Waals surface area contributed by atoms with E-state index in [-0.39, 0.29) is 11.7 Å². The summed E-state index contributed by atoms with van der Waals surface area (Å²) in [6.45, 7) is 0. The number of phenolic OH excluding ortho intramolecular Hbond substituents is 1. The van der Waals surface area contributed by atoms with E-state index in [0.29, 0.717) is 12.1 Å². The number of fused-ring (bicyclic) bond motifs is 1. The second-order valence-corrected chi connectivity index (χ2v) is 4.91. The summed E-state index contributed by atoms with van der Waals surface area (Å²) in [6, 6.07) is 20.5. The maximum atomic E-state index is 12.1. The minimum absolute atomic E-state index is 0.0722. The Hall–Kier alpha value is -2.81. The van der Waals surface area contributed by atoms with Crippen LogP contribution < -0.4 is 5.32 Å². The largest absolute Gasteiger partial charge is 0.508 e. The van der Waals surface area contributed by atoms with Gasteiger partial charge >= 0.3 is 0 Å². The maximum Gasteiger partial charge on any atom is 0.228 e. The molecule has 3 aromatic carbocycles. The Morgan fingerprint density at radius 1 is 0.905 bits per heavy atom. The minimum Gasteiger partial charge on any atom is -0.508 e. The van der Waals surface area contributed by atoms with Crippen LogP contribution in [0.3, 0.4) is 0 Å². The SMILES string of the molecule is O=C(Cc1cccc2ccccc12)Nc1ccc(O)cc1. The molecule has 1 amide bonds. The Balaban J connectivity index is 1.79. The highest BCUT2D eigenvalue weighted by molar-refractivity contribution is 5.96. The Morgan fingerprint density at radius 2 is 1.62 bits per heavy atom. The second-order valence-electron chi connectivity index (χ2n) is 4.91. The van der Waals surface area contributed by atoms with Gasteiger partial charge in [-0.3, -0.25) is 4.79 Å². The summed E-state index contributed by atoms with van der Waals surface area (Å²) in [7, 11) is 0. The third-order valence-corrected chi connectivity index (χ3v) is 3.38. The van der Waals surface area contributed by atoms with Gasteiger partial charge in [0, 0.05) is 5.69 Å². The Bertz CT molecular complexity index is 773. The van der Waals surface area contributed by atoms with Gasteiger partial charge in [-0.05, 0) is 40.6 Å². The smallest absolute Gasteiger partial charge is 0.228 e. The van der Waals surface area contributed by atoms with Crippen molar-refractivity contribution >= 4 is 22.4 Å². The zero-order valence-electron chi connectivity index (χ0n) is 11.4. The van der Waals surface area contributed by atoms with Crippen LogP contribution in [0.5, 0.6) is 5.75 Å². The highest BCUT2D eigenvalue weighted by Gasteiger charge is 2.07. The molecule has 0 saturated carbocycles. The lowest BCUT2D eigenvalue weighted by Gasteiger charge is -2.08. The van der Waals surface area contributed by atoms with Crippen molar-refractivity contribution in [3.05, 3.63) is 72.3 Å². The number of phenols is 1. The maximum absolute atomic E-state index is 12.1. The van der Waals surface area contributed by atoms with Gasteiger partial charge in [-0.25, -0.2) is 0 Å². The van der Waals surface area contributed by atoms with Gasteiger partial charge in [0.05, 0.1) is 6.42 Å². The van der Waals surface area contributed by atoms with Crippen molar-refractivity contribution in [1.29, 1.82) is 0 Å². The van der Waals surface area contributed by atoms with Crippen molar-refractivity contribution in [3.63, 3.8) is 0 Å². The van der Waals surface area contributed by atoms with E-state index in [4.69, 9.17) is 0 Å². The molecule has 0 aliphatic rings. The van der Waals surface area contributed by atoms with Crippen LogP contribution in [0.25, 0.3) is 10.8 Å². The highest BCUT2D eigenvalue weighted by Crippen LogP contribution is 2.20. The van der Waals surface area contributed by atoms with Crippen LogP contribution in [0.1, 0.15) is 5.56 Å². The van der Waals surface area contributed by atoms with Gasteiger partial charge in [0.25, 0.3) is 0 Å². The van der Waals surface area contributed by atoms with Crippen molar-refractivity contribution in [2.45, 2.75) is 6.42 Å². The molecule has 21 heavy (non-hydrogen) atoms. The topological polar surface area (TPSA) is 49.3 Å². The average Bonchev–Trinajstić information content (AvgIpc) is 2.50. The summed E-state index contributed by atoms with van der Waals surface area (Å²) in [5.41, 5.74) is 1.68. The van der Waals surface area contributed by atoms with Crippen molar-refractivity contribution in [2.75, 3.05) is 5.32 Å². The fourth-order valence-corrected chi connectivity index (χ4v) is 2.37. The van der Waals surface area contributed by atoms with Crippen LogP contribution in [-0.2, 0) is 11.2 Å². The number of hydrogen-bond acceptors (Lipinski definition) is 2. The van der Waals surface area contributed by atoms with E-state index in [9.17, 15) is 9.90 Å². The summed E-state index contributed by atoms with van der Waals surface area (Å²) in [6.07, 6.45) is 0.322. The molecule has 3 nitrogen and oxygen atoms in total. The molecule has 104 valence electrons. The van der Waals surface area contributed by atoms with Gasteiger partial charge in [-0.15, -0.1) is 0 Å². The van der Waals surface area contributed by atoms with Crippen LogP contribution in [0.15, 0.2) is 66.7 Å². The molecule has 0 radical (unpaired) electrons. The van der Waals surface area contributed by atoms with E-state index in [1.54, 1.807) is 24.3 Å². The lowest BCUT2D eigenvalue weighted by molar-refractivity contribution is -0.115. The van der Waals surface area contributed by atoms with Crippen LogP contribution in [0, 0.1) is 0 Å². The number of rotatable bonds is 3. The second kappa shape index (κ2) is 5.67. The van der Waals surface area contributed by atoms with E-state index in [0.717, 1.165) is 16.3 Å². The zero-order chi connectivity index (χ0) is 14.7. The summed E-state index contributed by atoms with van der Waals surface area (Å²) in [5.74, 6) is 0.110. The average molecular weight is 277 g/mol. The molecule has 3 aromatic rings. The first-order valence-electron chi connectivity index (χ1n) is 6.78. The first-order valence-corrected chi connectivity index (χ1v) is 6.78. The van der Waals surface area contributed by atoms with E-state index < -0.39 is 0 Å². The molecule has 3 heteroatoms. The zero-order valence-corrected chi connectivity index (χ0v) is 11.4. The third-order valence-electron chi connectivity index (χ3n) is 3.38. The molecular weight excluding hydrogens is 262 g/mol. The Morgan fingerprint density at radius 3 is 2.43 bits per heavy atom. The van der Waals surface area contributed by atoms with Crippen LogP contribution >= 0.6 is 0 Å². The number of benzene rings is 3. The first-order chi connectivity index (χ1) is 10.2. The molecule has 0 aliphatic carbocycles. The number of aromatic hydroxyl groups is 1. The molecule has 0 bridgehead atoms. The van der Waals surface area contributed by atoms with E-state index >= 15 is 0 Å². The normalized spacial score (nSPS) is 10.5. The molecule has 0 spiro atoms. The lowest BCUT2D eigenvalue weighted by atomic mass is 10.0. The first kappa shape index (κ1) is 13.2. The molecule has 0 saturated heterocycles. The summed E-state index contributed by atoms with van der Waals surface area (Å²) < 4.78 is 0. The van der Waals surface area contributed by atoms with Crippen LogP contribution in [0.4, 0.5) is 5.69 Å². The van der Waals surface area contributed by atoms with Crippen LogP contribution in [0.2, 0.25) is 0 Å². The number of nitrogens with one attached hydrogen (secondary N) is 1. The molecule has 0 heterocycles. The van der Waals surface area contributed by atoms with Gasteiger partial charge in [0.1, 0.15) is 5.75 Å². The van der Waals surface area contributed by atoms with E-state index in [1.807, 2.05) is 42.5 Å². The number of carbonyl (C=O) groups excluding carboxylic acids is 1. The minimum atomic E-state index is -0.0722. The molecule has 0 fully saturated rings. The third kappa shape index (κ3) is 3.03. The Kier molecular flexibility index (Phi) is 3.56. The number of carbonyl (C=O) groups is 1. The van der Waals surface area contributed by atoms with Crippen molar-refractivity contribution in [2.24, 2.45) is 0 Å². The molecule has 0 unspecified atom stereocenters. The van der Waals surface area contributed by atoms with E-state index in [1.165, 1.54) is 0 Å². The molecular formula is C18H15NO2. The van der Waals surface area contributed by atoms with Crippen LogP contribution in [-0.4, -0.2) is 11.0 Å². The molecule has 2 N–H and O–H groups in total. The predicted molar refractivity (Wildman–Crippen MR) is 84.4 cm³/mol. The molecule has 0 aliphatic heterocycles. The summed E-state index contributed by atoms with van der Waals surface area (Å²) >= 11 is 0. The van der Waals surface area contributed by atoms with Gasteiger partial charge in [0.2, 0.25) is 5.91 Å². The van der Waals surface area contributed by atoms with Gasteiger partial charge in [-0.1, -0.05) is 42.5 Å². The number of amides is 1. The fraction of sp³-hybridized carbons (Fsp3) is 0.0556. The number of anilines is 1. The lowest BCUT2D eigenvalue weighted by Crippen LogP contribution is -2.14. The Labute approximate surface area is 122 Å². The summed E-state index contributed by atoms with van der Waals surface area (Å²) in [5, 5.41) is 14.3. The highest BCUT2D eigenvalue weighted by atomic mass is 16.3. The number of hydrogen-bond donors (Lipinski definition) is 2. The molecule has 0 aromatic heterocycles. The van der Waals surface area contributed by atoms with Gasteiger partial charge in [0.15, 0.2) is 0 Å². The van der Waals surface area contributed by atoms with Gasteiger partial charge in [-0.2, -0.15) is 0 Å². The van der Waals surface area contributed by atoms with Crippen molar-refractivity contribution in [3.8, 4) is 5.75 Å². The fourth-order valence-electron chi connectivity index (χ4n) is 2.37. The van der Waals surface area contributed by atoms with Crippen molar-refractivity contribution < 1.29 is 9.90 Å². The summed E-state index contributed by atoms with van der Waals surface area (Å²) in [4.78, 5) is 12.1. The quantitative estimate of drug-likeness (QED) is 0.717. The van der Waals surface area contributed by atoms with Gasteiger partial charge < -0.3 is 10.4 Å². The van der Waals surface area contributed by atoms with Crippen molar-refractivity contribution in [1.82, 2.24) is 0 Å². The predicted octanol–water partition coefficient (Wildman–Crippen LogP) is 3.73. The standard InChI is InChI=1S/C18H15NO2/c20-16-10-8-15(9-11-16)19-18(21)12-14-6-3-5-13-4-1-2-7-17(13)14/h1-11,20H,12H2,(H,19,21). The monoisotopic (exact) mass is 277 g/mol.